The maximum Gasteiger partial charge on any atom is 0.312 e. The van der Waals surface area contributed by atoms with Gasteiger partial charge >= 0.3 is 5.69 Å². The van der Waals surface area contributed by atoms with E-state index in [9.17, 15) is 14.9 Å². The number of aryl methyl sites for hydroxylation is 2. The summed E-state index contributed by atoms with van der Waals surface area (Å²) in [4.78, 5) is 27.0. The highest BCUT2D eigenvalue weighted by atomic mass is 16.6. The van der Waals surface area contributed by atoms with Gasteiger partial charge in [0.2, 0.25) is 11.7 Å². The predicted octanol–water partition coefficient (Wildman–Crippen LogP) is 3.35. The molecule has 1 aromatic carbocycles. The molecule has 0 radical (unpaired) electrons. The van der Waals surface area contributed by atoms with E-state index in [1.54, 1.807) is 30.1 Å². The first-order chi connectivity index (χ1) is 13.9. The average Bonchev–Trinajstić information content (AvgIpc) is 3.32. The maximum atomic E-state index is 11.6. The largest absolute Gasteiger partial charge is 0.350 e. The number of fused-ring (bicyclic) bond motifs is 1. The van der Waals surface area contributed by atoms with Gasteiger partial charge < -0.3 is 10.6 Å². The molecule has 1 aliphatic rings. The van der Waals surface area contributed by atoms with Crippen molar-refractivity contribution in [2.75, 3.05) is 5.32 Å². The van der Waals surface area contributed by atoms with E-state index in [1.165, 1.54) is 13.0 Å². The van der Waals surface area contributed by atoms with Crippen molar-refractivity contribution in [3.8, 4) is 5.82 Å². The van der Waals surface area contributed by atoms with Crippen LogP contribution in [0.25, 0.3) is 5.82 Å². The Bertz CT molecular complexity index is 1090. The van der Waals surface area contributed by atoms with Crippen molar-refractivity contribution >= 4 is 23.1 Å². The predicted molar refractivity (Wildman–Crippen MR) is 107 cm³/mol. The second-order valence-corrected chi connectivity index (χ2v) is 7.03. The molecule has 9 nitrogen and oxygen atoms in total. The first kappa shape index (κ1) is 18.6. The standard InChI is InChI=1S/C20H20N6O3/c1-12-10-18(26(28)29)19(24-20(12)25-9-3-8-21-25)23-15-5-6-16-14(11-15)4-7-17(16)22-13(2)27/h3,5-6,8-11,17H,4,7H2,1-2H3,(H,22,27)(H,23,24). The molecule has 0 saturated carbocycles. The topological polar surface area (TPSA) is 115 Å². The van der Waals surface area contributed by atoms with Crippen LogP contribution in [0.1, 0.15) is 36.1 Å². The third-order valence-electron chi connectivity index (χ3n) is 4.95. The van der Waals surface area contributed by atoms with E-state index in [4.69, 9.17) is 0 Å². The number of pyridine rings is 1. The van der Waals surface area contributed by atoms with Gasteiger partial charge in [-0.05, 0) is 49.1 Å². The Morgan fingerprint density at radius 1 is 1.34 bits per heavy atom. The van der Waals surface area contributed by atoms with Crippen molar-refractivity contribution in [3.05, 3.63) is 69.5 Å². The van der Waals surface area contributed by atoms with Crippen LogP contribution in [0, 0.1) is 17.0 Å². The summed E-state index contributed by atoms with van der Waals surface area (Å²) >= 11 is 0. The van der Waals surface area contributed by atoms with Gasteiger partial charge in [0.25, 0.3) is 0 Å². The zero-order valence-electron chi connectivity index (χ0n) is 16.0. The Balaban J connectivity index is 1.68. The molecule has 0 fully saturated rings. The molecule has 1 unspecified atom stereocenters. The van der Waals surface area contributed by atoms with Crippen LogP contribution in [-0.2, 0) is 11.2 Å². The normalized spacial score (nSPS) is 15.0. The monoisotopic (exact) mass is 392 g/mol. The third-order valence-corrected chi connectivity index (χ3v) is 4.95. The molecular weight excluding hydrogens is 372 g/mol. The van der Waals surface area contributed by atoms with Gasteiger partial charge in [0.1, 0.15) is 0 Å². The van der Waals surface area contributed by atoms with Gasteiger partial charge in [-0.3, -0.25) is 14.9 Å². The Labute approximate surface area is 166 Å². The first-order valence-corrected chi connectivity index (χ1v) is 9.25. The number of hydrogen-bond donors (Lipinski definition) is 2. The Hall–Kier alpha value is -3.75. The third kappa shape index (κ3) is 3.66. The molecule has 0 bridgehead atoms. The minimum absolute atomic E-state index is 0.00908. The number of rotatable bonds is 5. The maximum absolute atomic E-state index is 11.6. The molecule has 2 N–H and O–H groups in total. The summed E-state index contributed by atoms with van der Waals surface area (Å²) in [5.74, 6) is 0.619. The zero-order chi connectivity index (χ0) is 20.5. The summed E-state index contributed by atoms with van der Waals surface area (Å²) in [7, 11) is 0. The fraction of sp³-hybridized carbons (Fsp3) is 0.250. The summed E-state index contributed by atoms with van der Waals surface area (Å²) < 4.78 is 1.57. The summed E-state index contributed by atoms with van der Waals surface area (Å²) in [6.45, 7) is 3.27. The zero-order valence-corrected chi connectivity index (χ0v) is 16.0. The number of amides is 1. The lowest BCUT2D eigenvalue weighted by molar-refractivity contribution is -0.384. The lowest BCUT2D eigenvalue weighted by atomic mass is 10.1. The van der Waals surface area contributed by atoms with Crippen LogP contribution < -0.4 is 10.6 Å². The van der Waals surface area contributed by atoms with Crippen LogP contribution in [0.5, 0.6) is 0 Å². The van der Waals surface area contributed by atoms with Gasteiger partial charge in [-0.1, -0.05) is 6.07 Å². The van der Waals surface area contributed by atoms with E-state index in [1.807, 2.05) is 18.2 Å². The van der Waals surface area contributed by atoms with E-state index in [-0.39, 0.29) is 23.5 Å². The minimum atomic E-state index is -0.449. The van der Waals surface area contributed by atoms with Crippen LogP contribution in [0.15, 0.2) is 42.7 Å². The molecule has 2 aromatic heterocycles. The molecule has 2 heterocycles. The lowest BCUT2D eigenvalue weighted by Gasteiger charge is -2.14. The van der Waals surface area contributed by atoms with Gasteiger partial charge in [0.05, 0.1) is 11.0 Å². The summed E-state index contributed by atoms with van der Waals surface area (Å²) in [6, 6.07) is 9.01. The van der Waals surface area contributed by atoms with Crippen molar-refractivity contribution in [2.24, 2.45) is 0 Å². The molecule has 1 atom stereocenters. The van der Waals surface area contributed by atoms with E-state index < -0.39 is 4.92 Å². The average molecular weight is 392 g/mol. The molecule has 3 aromatic rings. The molecule has 1 aliphatic carbocycles. The van der Waals surface area contributed by atoms with Crippen LogP contribution in [0.2, 0.25) is 0 Å². The number of carbonyl (C=O) groups is 1. The molecule has 29 heavy (non-hydrogen) atoms. The number of hydrogen-bond acceptors (Lipinski definition) is 6. The molecule has 0 saturated heterocycles. The van der Waals surface area contributed by atoms with Gasteiger partial charge in [-0.25, -0.2) is 9.67 Å². The molecule has 0 aliphatic heterocycles. The van der Waals surface area contributed by atoms with Gasteiger partial charge in [0.15, 0.2) is 5.82 Å². The van der Waals surface area contributed by atoms with Crippen LogP contribution in [-0.4, -0.2) is 25.6 Å². The van der Waals surface area contributed by atoms with E-state index in [2.05, 4.69) is 20.7 Å². The smallest absolute Gasteiger partial charge is 0.312 e. The van der Waals surface area contributed by atoms with Crippen LogP contribution in [0.3, 0.4) is 0 Å². The number of aromatic nitrogens is 3. The number of benzene rings is 1. The van der Waals surface area contributed by atoms with Crippen molar-refractivity contribution in [2.45, 2.75) is 32.7 Å². The molecule has 148 valence electrons. The van der Waals surface area contributed by atoms with Crippen molar-refractivity contribution in [1.82, 2.24) is 20.1 Å². The SMILES string of the molecule is CC(=O)NC1CCc2cc(Nc3nc(-n4cccn4)c(C)cc3[N+](=O)[O-])ccc21. The fourth-order valence-electron chi connectivity index (χ4n) is 3.67. The summed E-state index contributed by atoms with van der Waals surface area (Å²) in [5, 5.41) is 21.8. The molecular formula is C20H20N6O3. The second kappa shape index (κ2) is 7.34. The number of anilines is 2. The molecule has 0 spiro atoms. The minimum Gasteiger partial charge on any atom is -0.350 e. The van der Waals surface area contributed by atoms with Gasteiger partial charge in [0, 0.05) is 36.6 Å². The van der Waals surface area contributed by atoms with E-state index in [0.29, 0.717) is 17.1 Å². The molecule has 4 rings (SSSR count). The summed E-state index contributed by atoms with van der Waals surface area (Å²) in [5.41, 5.74) is 3.44. The number of nitro groups is 1. The van der Waals surface area contributed by atoms with Crippen molar-refractivity contribution in [3.63, 3.8) is 0 Å². The number of carbonyl (C=O) groups excluding carboxylic acids is 1. The fourth-order valence-corrected chi connectivity index (χ4v) is 3.67. The molecule has 9 heteroatoms. The Morgan fingerprint density at radius 3 is 2.86 bits per heavy atom. The number of nitrogens with zero attached hydrogens (tertiary/aromatic N) is 4. The Morgan fingerprint density at radius 2 is 2.17 bits per heavy atom. The highest BCUT2D eigenvalue weighted by Gasteiger charge is 2.24. The van der Waals surface area contributed by atoms with Crippen molar-refractivity contribution in [1.29, 1.82) is 0 Å². The highest BCUT2D eigenvalue weighted by Crippen LogP contribution is 2.35. The van der Waals surface area contributed by atoms with Gasteiger partial charge in [-0.2, -0.15) is 5.10 Å². The first-order valence-electron chi connectivity index (χ1n) is 9.25. The Kier molecular flexibility index (Phi) is 4.71. The second-order valence-electron chi connectivity index (χ2n) is 7.03. The van der Waals surface area contributed by atoms with Crippen molar-refractivity contribution < 1.29 is 9.72 Å². The van der Waals surface area contributed by atoms with Gasteiger partial charge in [-0.15, -0.1) is 0 Å². The summed E-state index contributed by atoms with van der Waals surface area (Å²) in [6.07, 6.45) is 5.03. The van der Waals surface area contributed by atoms with E-state index in [0.717, 1.165) is 24.0 Å². The van der Waals surface area contributed by atoms with Crippen LogP contribution >= 0.6 is 0 Å². The highest BCUT2D eigenvalue weighted by molar-refractivity contribution is 5.74. The number of nitrogens with one attached hydrogen (secondary N) is 2. The van der Waals surface area contributed by atoms with E-state index >= 15 is 0 Å². The van der Waals surface area contributed by atoms with Crippen LogP contribution in [0.4, 0.5) is 17.2 Å². The quantitative estimate of drug-likeness (QED) is 0.508. The molecule has 1 amide bonds. The lowest BCUT2D eigenvalue weighted by Crippen LogP contribution is -2.24.